The smallest absolute Gasteiger partial charge is 0.224 e. The standard InChI is InChI=1S/C21H23ClN2O/c22-17-3-4-18-16(2-1-5-23-18)20(17)24-19(25)12-21-9-13-6-14(10-21)8-15(7-13)11-21/h1-5,13-15H,6-12H2,(H,24,25). The van der Waals surface area contributed by atoms with Crippen LogP contribution in [0.5, 0.6) is 0 Å². The number of pyridine rings is 1. The predicted molar refractivity (Wildman–Crippen MR) is 101 cm³/mol. The first kappa shape index (κ1) is 15.6. The largest absolute Gasteiger partial charge is 0.324 e. The Bertz CT molecular complexity index is 812. The molecule has 1 aromatic heterocycles. The van der Waals surface area contributed by atoms with E-state index in [4.69, 9.17) is 11.6 Å². The van der Waals surface area contributed by atoms with Gasteiger partial charge in [-0.3, -0.25) is 9.78 Å². The summed E-state index contributed by atoms with van der Waals surface area (Å²) in [4.78, 5) is 17.3. The van der Waals surface area contributed by atoms with Gasteiger partial charge in [0.25, 0.3) is 0 Å². The quantitative estimate of drug-likeness (QED) is 0.798. The van der Waals surface area contributed by atoms with Gasteiger partial charge >= 0.3 is 0 Å². The van der Waals surface area contributed by atoms with Crippen LogP contribution >= 0.6 is 11.6 Å². The van der Waals surface area contributed by atoms with Crippen molar-refractivity contribution in [2.24, 2.45) is 23.2 Å². The molecule has 130 valence electrons. The number of nitrogens with zero attached hydrogens (tertiary/aromatic N) is 1. The summed E-state index contributed by atoms with van der Waals surface area (Å²) in [6.07, 6.45) is 10.4. The van der Waals surface area contributed by atoms with Gasteiger partial charge in [-0.25, -0.2) is 0 Å². The highest BCUT2D eigenvalue weighted by molar-refractivity contribution is 6.35. The minimum Gasteiger partial charge on any atom is -0.324 e. The average molecular weight is 355 g/mol. The molecular formula is C21H23ClN2O. The number of aromatic nitrogens is 1. The van der Waals surface area contributed by atoms with Crippen LogP contribution in [0.1, 0.15) is 44.9 Å². The molecule has 0 unspecified atom stereocenters. The number of anilines is 1. The number of nitrogens with one attached hydrogen (secondary N) is 1. The van der Waals surface area contributed by atoms with Crippen molar-refractivity contribution >= 4 is 34.1 Å². The Morgan fingerprint density at radius 2 is 1.80 bits per heavy atom. The molecule has 1 heterocycles. The van der Waals surface area contributed by atoms with Crippen LogP contribution in [0.4, 0.5) is 5.69 Å². The highest BCUT2D eigenvalue weighted by Crippen LogP contribution is 2.61. The normalized spacial score (nSPS) is 32.9. The summed E-state index contributed by atoms with van der Waals surface area (Å²) < 4.78 is 0. The highest BCUT2D eigenvalue weighted by atomic mass is 35.5. The molecule has 1 aromatic carbocycles. The maximum Gasteiger partial charge on any atom is 0.224 e. The summed E-state index contributed by atoms with van der Waals surface area (Å²) in [5.41, 5.74) is 1.81. The lowest BCUT2D eigenvalue weighted by molar-refractivity contribution is -0.124. The maximum absolute atomic E-state index is 12.9. The molecule has 2 aromatic rings. The van der Waals surface area contributed by atoms with E-state index in [1.807, 2.05) is 24.3 Å². The number of benzene rings is 1. The Labute approximate surface area is 153 Å². The zero-order valence-corrected chi connectivity index (χ0v) is 15.1. The minimum atomic E-state index is 0.111. The highest BCUT2D eigenvalue weighted by Gasteiger charge is 2.51. The van der Waals surface area contributed by atoms with E-state index < -0.39 is 0 Å². The first-order valence-electron chi connectivity index (χ1n) is 9.43. The van der Waals surface area contributed by atoms with Crippen molar-refractivity contribution in [2.75, 3.05) is 5.32 Å². The third-order valence-corrected chi connectivity index (χ3v) is 7.01. The van der Waals surface area contributed by atoms with Crippen molar-refractivity contribution in [3.05, 3.63) is 35.5 Å². The second-order valence-corrected chi connectivity index (χ2v) is 9.04. The second-order valence-electron chi connectivity index (χ2n) is 8.63. The van der Waals surface area contributed by atoms with E-state index in [2.05, 4.69) is 10.3 Å². The predicted octanol–water partition coefficient (Wildman–Crippen LogP) is 5.43. The van der Waals surface area contributed by atoms with E-state index in [0.29, 0.717) is 17.1 Å². The van der Waals surface area contributed by atoms with Crippen LogP contribution in [0.3, 0.4) is 0 Å². The fourth-order valence-electron chi connectivity index (χ4n) is 6.28. The molecule has 6 rings (SSSR count). The third-order valence-electron chi connectivity index (χ3n) is 6.70. The van der Waals surface area contributed by atoms with Crippen molar-refractivity contribution in [3.63, 3.8) is 0 Å². The molecule has 3 nitrogen and oxygen atoms in total. The molecule has 4 bridgehead atoms. The fourth-order valence-corrected chi connectivity index (χ4v) is 6.50. The average Bonchev–Trinajstić information content (AvgIpc) is 2.56. The number of hydrogen-bond donors (Lipinski definition) is 1. The zero-order valence-electron chi connectivity index (χ0n) is 14.3. The third kappa shape index (κ3) is 2.73. The van der Waals surface area contributed by atoms with Crippen molar-refractivity contribution in [3.8, 4) is 0 Å². The molecule has 4 heteroatoms. The Balaban J connectivity index is 1.39. The topological polar surface area (TPSA) is 42.0 Å². The van der Waals surface area contributed by atoms with Crippen LogP contribution < -0.4 is 5.32 Å². The van der Waals surface area contributed by atoms with Gasteiger partial charge in [0.05, 0.1) is 16.2 Å². The molecule has 4 aliphatic rings. The van der Waals surface area contributed by atoms with Crippen molar-refractivity contribution in [2.45, 2.75) is 44.9 Å². The van der Waals surface area contributed by atoms with Gasteiger partial charge in [-0.05, 0) is 86.0 Å². The van der Waals surface area contributed by atoms with Gasteiger partial charge in [-0.2, -0.15) is 0 Å². The number of halogens is 1. The molecule has 4 aliphatic carbocycles. The lowest BCUT2D eigenvalue weighted by Gasteiger charge is -2.56. The number of carbonyl (C=O) groups excluding carboxylic acids is 1. The van der Waals surface area contributed by atoms with E-state index >= 15 is 0 Å². The van der Waals surface area contributed by atoms with Crippen LogP contribution in [-0.4, -0.2) is 10.9 Å². The molecule has 1 N–H and O–H groups in total. The van der Waals surface area contributed by atoms with E-state index in [1.54, 1.807) is 6.20 Å². The first-order valence-corrected chi connectivity index (χ1v) is 9.81. The number of rotatable bonds is 3. The fraction of sp³-hybridized carbons (Fsp3) is 0.524. The second kappa shape index (κ2) is 5.70. The molecule has 0 saturated heterocycles. The Kier molecular flexibility index (Phi) is 3.56. The number of hydrogen-bond acceptors (Lipinski definition) is 2. The van der Waals surface area contributed by atoms with Gasteiger partial charge in [-0.15, -0.1) is 0 Å². The van der Waals surface area contributed by atoms with Crippen molar-refractivity contribution in [1.82, 2.24) is 4.98 Å². The van der Waals surface area contributed by atoms with Crippen molar-refractivity contribution < 1.29 is 4.79 Å². The van der Waals surface area contributed by atoms with Crippen LogP contribution in [0.25, 0.3) is 10.9 Å². The van der Waals surface area contributed by atoms with Gasteiger partial charge < -0.3 is 5.32 Å². The first-order chi connectivity index (χ1) is 12.1. The molecule has 0 spiro atoms. The summed E-state index contributed by atoms with van der Waals surface area (Å²) >= 11 is 6.38. The van der Waals surface area contributed by atoms with Gasteiger partial charge in [-0.1, -0.05) is 11.6 Å². The van der Waals surface area contributed by atoms with Gasteiger partial charge in [0.2, 0.25) is 5.91 Å². The summed E-state index contributed by atoms with van der Waals surface area (Å²) in [6.45, 7) is 0. The molecule has 0 radical (unpaired) electrons. The van der Waals surface area contributed by atoms with E-state index in [9.17, 15) is 4.79 Å². The summed E-state index contributed by atoms with van der Waals surface area (Å²) in [5, 5.41) is 4.61. The molecule has 4 fully saturated rings. The molecule has 0 aliphatic heterocycles. The molecule has 25 heavy (non-hydrogen) atoms. The van der Waals surface area contributed by atoms with Crippen LogP contribution in [0.15, 0.2) is 30.5 Å². The van der Waals surface area contributed by atoms with E-state index in [-0.39, 0.29) is 11.3 Å². The van der Waals surface area contributed by atoms with Crippen LogP contribution in [-0.2, 0) is 4.79 Å². The summed E-state index contributed by atoms with van der Waals surface area (Å²) in [6, 6.07) is 7.56. The zero-order chi connectivity index (χ0) is 17.0. The lowest BCUT2D eigenvalue weighted by Crippen LogP contribution is -2.47. The summed E-state index contributed by atoms with van der Waals surface area (Å²) in [7, 11) is 0. The van der Waals surface area contributed by atoms with E-state index in [1.165, 1.54) is 38.5 Å². The van der Waals surface area contributed by atoms with Gasteiger partial charge in [0.1, 0.15) is 0 Å². The van der Waals surface area contributed by atoms with Crippen LogP contribution in [0.2, 0.25) is 5.02 Å². The Hall–Kier alpha value is -1.61. The maximum atomic E-state index is 12.9. The molecule has 1 amide bonds. The molecule has 4 saturated carbocycles. The van der Waals surface area contributed by atoms with E-state index in [0.717, 1.165) is 28.7 Å². The lowest BCUT2D eigenvalue weighted by atomic mass is 9.49. The minimum absolute atomic E-state index is 0.111. The summed E-state index contributed by atoms with van der Waals surface area (Å²) in [5.74, 6) is 2.71. The SMILES string of the molecule is O=C(CC12CC3CC(CC(C3)C1)C2)Nc1c(Cl)ccc2ncccc12. The monoisotopic (exact) mass is 354 g/mol. The molecular weight excluding hydrogens is 332 g/mol. The Morgan fingerprint density at radius 3 is 2.48 bits per heavy atom. The number of carbonyl (C=O) groups is 1. The van der Waals surface area contributed by atoms with Gasteiger partial charge in [0, 0.05) is 18.0 Å². The molecule has 0 atom stereocenters. The van der Waals surface area contributed by atoms with Gasteiger partial charge in [0.15, 0.2) is 0 Å². The Morgan fingerprint density at radius 1 is 1.12 bits per heavy atom. The van der Waals surface area contributed by atoms with Crippen molar-refractivity contribution in [1.29, 1.82) is 0 Å². The number of fused-ring (bicyclic) bond motifs is 1. The van der Waals surface area contributed by atoms with Crippen LogP contribution in [0, 0.1) is 23.2 Å². The number of amides is 1.